The van der Waals surface area contributed by atoms with E-state index in [2.05, 4.69) is 6.58 Å². The number of pyridine rings is 2. The maximum atomic E-state index is 13.4. The summed E-state index contributed by atoms with van der Waals surface area (Å²) in [6.45, 7) is 5.72. The lowest BCUT2D eigenvalue weighted by Gasteiger charge is -2.33. The zero-order chi connectivity index (χ0) is 22.4. The fourth-order valence-electron chi connectivity index (χ4n) is 4.79. The molecule has 0 amide bonds. The summed E-state index contributed by atoms with van der Waals surface area (Å²) in [6.07, 6.45) is 0. The van der Waals surface area contributed by atoms with Gasteiger partial charge in [-0.1, -0.05) is 6.58 Å². The maximum Gasteiger partial charge on any atom is 0.347 e. The highest BCUT2D eigenvalue weighted by atomic mass is 16.7. The van der Waals surface area contributed by atoms with Crippen molar-refractivity contribution in [3.8, 4) is 22.9 Å². The Morgan fingerprint density at radius 3 is 2.69 bits per heavy atom. The Morgan fingerprint density at radius 2 is 1.97 bits per heavy atom. The SMILES string of the molecule is C=C(C)[C@@]1(O)C(=O)OCc2c1cc1n(c2=O)Cc2c-1nc1cc3c(cc1c2CN)OCO3. The molecule has 1 atom stereocenters. The molecule has 32 heavy (non-hydrogen) atoms. The molecule has 0 saturated heterocycles. The van der Waals surface area contributed by atoms with Crippen LogP contribution in [-0.4, -0.2) is 27.4 Å². The van der Waals surface area contributed by atoms with Crippen molar-refractivity contribution in [2.45, 2.75) is 32.2 Å². The number of aliphatic hydroxyl groups is 1. The summed E-state index contributed by atoms with van der Waals surface area (Å²) in [7, 11) is 0. The van der Waals surface area contributed by atoms with Crippen LogP contribution < -0.4 is 20.8 Å². The van der Waals surface area contributed by atoms with Gasteiger partial charge in [-0.15, -0.1) is 0 Å². The molecule has 0 spiro atoms. The number of benzene rings is 1. The summed E-state index contributed by atoms with van der Waals surface area (Å²) in [6, 6.07) is 5.29. The van der Waals surface area contributed by atoms with Gasteiger partial charge in [-0.25, -0.2) is 9.78 Å². The predicted molar refractivity (Wildman–Crippen MR) is 113 cm³/mol. The first-order chi connectivity index (χ1) is 15.3. The Kier molecular flexibility index (Phi) is 3.67. The Labute approximate surface area is 181 Å². The fraction of sp³-hybridized carbons (Fsp3) is 0.261. The number of cyclic esters (lactones) is 1. The molecule has 3 aromatic rings. The predicted octanol–water partition coefficient (Wildman–Crippen LogP) is 1.43. The standard InChI is InChI=1S/C23H19N3O6/c1-10(2)23(29)15-4-17-20-13(7-26(17)21(27)14(15)8-30-22(23)28)12(6-24)11-3-18-19(32-9-31-18)5-16(11)25-20/h3-5,29H,1,6-9,24H2,2H3/t23-/m0/s1. The molecule has 0 unspecified atom stereocenters. The second-order valence-corrected chi connectivity index (χ2v) is 8.22. The Hall–Kier alpha value is -3.69. The van der Waals surface area contributed by atoms with Crippen LogP contribution in [0.1, 0.15) is 29.2 Å². The number of aromatic nitrogens is 2. The average Bonchev–Trinajstić information content (AvgIpc) is 3.37. The van der Waals surface area contributed by atoms with E-state index in [1.807, 2.05) is 6.07 Å². The lowest BCUT2D eigenvalue weighted by molar-refractivity contribution is -0.167. The van der Waals surface area contributed by atoms with E-state index in [1.165, 1.54) is 6.92 Å². The molecule has 3 N–H and O–H groups in total. The van der Waals surface area contributed by atoms with E-state index in [1.54, 1.807) is 16.7 Å². The number of esters is 1. The van der Waals surface area contributed by atoms with Gasteiger partial charge in [0.05, 0.1) is 29.0 Å². The number of rotatable bonds is 2. The van der Waals surface area contributed by atoms with Gasteiger partial charge in [0.25, 0.3) is 5.56 Å². The number of fused-ring (bicyclic) bond motifs is 6. The van der Waals surface area contributed by atoms with Crippen LogP contribution in [0.15, 0.2) is 35.1 Å². The Morgan fingerprint density at radius 1 is 1.22 bits per heavy atom. The van der Waals surface area contributed by atoms with Crippen molar-refractivity contribution in [1.29, 1.82) is 0 Å². The molecule has 0 radical (unpaired) electrons. The normalized spacial score (nSPS) is 20.0. The molecule has 1 aromatic carbocycles. The highest BCUT2D eigenvalue weighted by Gasteiger charge is 2.47. The molecule has 3 aliphatic rings. The third-order valence-corrected chi connectivity index (χ3v) is 6.51. The first-order valence-electron chi connectivity index (χ1n) is 10.1. The summed E-state index contributed by atoms with van der Waals surface area (Å²) in [5.74, 6) is 0.370. The van der Waals surface area contributed by atoms with Gasteiger partial charge in [-0.3, -0.25) is 4.79 Å². The number of nitrogens with zero attached hydrogens (tertiary/aromatic N) is 2. The molecule has 9 heteroatoms. The Balaban J connectivity index is 1.66. The molecule has 162 valence electrons. The highest BCUT2D eigenvalue weighted by molar-refractivity contribution is 5.91. The van der Waals surface area contributed by atoms with Crippen molar-refractivity contribution in [1.82, 2.24) is 9.55 Å². The van der Waals surface area contributed by atoms with Gasteiger partial charge in [-0.05, 0) is 30.2 Å². The molecule has 3 aliphatic heterocycles. The zero-order valence-corrected chi connectivity index (χ0v) is 17.2. The topological polar surface area (TPSA) is 126 Å². The lowest BCUT2D eigenvalue weighted by Crippen LogP contribution is -2.45. The minimum atomic E-state index is -2.09. The van der Waals surface area contributed by atoms with Gasteiger partial charge < -0.3 is 29.6 Å². The van der Waals surface area contributed by atoms with Crippen molar-refractivity contribution in [2.75, 3.05) is 6.79 Å². The van der Waals surface area contributed by atoms with E-state index in [-0.39, 0.29) is 48.7 Å². The molecule has 0 saturated carbocycles. The molecular weight excluding hydrogens is 414 g/mol. The van der Waals surface area contributed by atoms with Crippen LogP contribution in [0.2, 0.25) is 0 Å². The van der Waals surface area contributed by atoms with Gasteiger partial charge in [0.15, 0.2) is 11.5 Å². The highest BCUT2D eigenvalue weighted by Crippen LogP contribution is 2.43. The molecule has 9 nitrogen and oxygen atoms in total. The first kappa shape index (κ1) is 19.0. The number of nitrogens with two attached hydrogens (primary N) is 1. The van der Waals surface area contributed by atoms with E-state index in [0.29, 0.717) is 28.4 Å². The average molecular weight is 433 g/mol. The van der Waals surface area contributed by atoms with Gasteiger partial charge >= 0.3 is 5.97 Å². The second kappa shape index (κ2) is 6.18. The summed E-state index contributed by atoms with van der Waals surface area (Å²) >= 11 is 0. The van der Waals surface area contributed by atoms with Crippen LogP contribution in [0.25, 0.3) is 22.3 Å². The number of hydrogen-bond donors (Lipinski definition) is 2. The van der Waals surface area contributed by atoms with Crippen LogP contribution in [0.4, 0.5) is 0 Å². The Bertz CT molecular complexity index is 1460. The van der Waals surface area contributed by atoms with Gasteiger partial charge in [-0.2, -0.15) is 0 Å². The van der Waals surface area contributed by atoms with Crippen LogP contribution in [0, 0.1) is 0 Å². The number of hydrogen-bond acceptors (Lipinski definition) is 8. The van der Waals surface area contributed by atoms with Crippen LogP contribution in [0.5, 0.6) is 11.5 Å². The minimum Gasteiger partial charge on any atom is -0.458 e. The summed E-state index contributed by atoms with van der Waals surface area (Å²) in [4.78, 5) is 30.7. The van der Waals surface area contributed by atoms with E-state index in [9.17, 15) is 14.7 Å². The largest absolute Gasteiger partial charge is 0.458 e. The maximum absolute atomic E-state index is 13.4. The lowest BCUT2D eigenvalue weighted by atomic mass is 9.83. The minimum absolute atomic E-state index is 0.142. The molecule has 2 aromatic heterocycles. The summed E-state index contributed by atoms with van der Waals surface area (Å²) in [5.41, 5.74) is 7.70. The third kappa shape index (κ3) is 2.21. The van der Waals surface area contributed by atoms with Crippen molar-refractivity contribution in [3.05, 3.63) is 63.0 Å². The molecular formula is C23H19N3O6. The molecule has 5 heterocycles. The van der Waals surface area contributed by atoms with E-state index in [4.69, 9.17) is 24.9 Å². The van der Waals surface area contributed by atoms with E-state index < -0.39 is 11.6 Å². The van der Waals surface area contributed by atoms with Crippen LogP contribution in [-0.2, 0) is 34.8 Å². The van der Waals surface area contributed by atoms with Crippen molar-refractivity contribution < 1.29 is 24.1 Å². The van der Waals surface area contributed by atoms with Gasteiger partial charge in [0, 0.05) is 29.1 Å². The summed E-state index contributed by atoms with van der Waals surface area (Å²) < 4.78 is 17.7. The molecule has 0 fully saturated rings. The quantitative estimate of drug-likeness (QED) is 0.359. The molecule has 0 bridgehead atoms. The van der Waals surface area contributed by atoms with Gasteiger partial charge in [0.2, 0.25) is 12.4 Å². The first-order valence-corrected chi connectivity index (χ1v) is 10.1. The third-order valence-electron chi connectivity index (χ3n) is 6.51. The van der Waals surface area contributed by atoms with Crippen molar-refractivity contribution in [2.24, 2.45) is 5.73 Å². The number of carbonyl (C=O) groups excluding carboxylic acids is 1. The number of ether oxygens (including phenoxy) is 3. The fourth-order valence-corrected chi connectivity index (χ4v) is 4.79. The molecule has 0 aliphatic carbocycles. The molecule has 6 rings (SSSR count). The summed E-state index contributed by atoms with van der Waals surface area (Å²) in [5, 5.41) is 12.0. The monoisotopic (exact) mass is 433 g/mol. The van der Waals surface area contributed by atoms with Gasteiger partial charge in [0.1, 0.15) is 6.61 Å². The van der Waals surface area contributed by atoms with E-state index >= 15 is 0 Å². The van der Waals surface area contributed by atoms with Crippen LogP contribution >= 0.6 is 0 Å². The second-order valence-electron chi connectivity index (χ2n) is 8.22. The van der Waals surface area contributed by atoms with Crippen LogP contribution in [0.3, 0.4) is 0 Å². The number of carbonyl (C=O) groups is 1. The van der Waals surface area contributed by atoms with E-state index in [0.717, 1.165) is 16.5 Å². The smallest absolute Gasteiger partial charge is 0.347 e. The van der Waals surface area contributed by atoms with Crippen molar-refractivity contribution >= 4 is 16.9 Å². The zero-order valence-electron chi connectivity index (χ0n) is 17.2. The van der Waals surface area contributed by atoms with Crippen molar-refractivity contribution in [3.63, 3.8) is 0 Å².